The SMILES string of the molecule is O=C(NCC1CCN(S(=O)(=O)C2CC2)CC1)C1CCCCC1. The lowest BCUT2D eigenvalue weighted by Crippen LogP contribution is -2.43. The minimum atomic E-state index is -3.01. The van der Waals surface area contributed by atoms with Gasteiger partial charge in [-0.25, -0.2) is 12.7 Å². The van der Waals surface area contributed by atoms with Gasteiger partial charge in [0.2, 0.25) is 15.9 Å². The van der Waals surface area contributed by atoms with Crippen molar-refractivity contribution >= 4 is 15.9 Å². The van der Waals surface area contributed by atoms with Gasteiger partial charge >= 0.3 is 0 Å². The summed E-state index contributed by atoms with van der Waals surface area (Å²) in [4.78, 5) is 12.1. The van der Waals surface area contributed by atoms with Gasteiger partial charge in [0.1, 0.15) is 0 Å². The van der Waals surface area contributed by atoms with Crippen LogP contribution in [0.5, 0.6) is 0 Å². The molecule has 5 nitrogen and oxygen atoms in total. The number of hydrogen-bond acceptors (Lipinski definition) is 3. The standard InChI is InChI=1S/C16H28N2O3S/c19-16(14-4-2-1-3-5-14)17-12-13-8-10-18(11-9-13)22(20,21)15-6-7-15/h13-15H,1-12H2,(H,17,19). The van der Waals surface area contributed by atoms with E-state index >= 15 is 0 Å². The van der Waals surface area contributed by atoms with Gasteiger partial charge in [-0.05, 0) is 44.4 Å². The van der Waals surface area contributed by atoms with Crippen molar-refractivity contribution in [2.45, 2.75) is 63.0 Å². The maximum atomic E-state index is 12.2. The van der Waals surface area contributed by atoms with Gasteiger partial charge in [0.15, 0.2) is 0 Å². The van der Waals surface area contributed by atoms with Crippen molar-refractivity contribution in [3.63, 3.8) is 0 Å². The van der Waals surface area contributed by atoms with Gasteiger partial charge in [0, 0.05) is 25.6 Å². The molecule has 0 unspecified atom stereocenters. The van der Waals surface area contributed by atoms with Gasteiger partial charge in [-0.3, -0.25) is 4.79 Å². The van der Waals surface area contributed by atoms with Crippen LogP contribution in [0.4, 0.5) is 0 Å². The minimum Gasteiger partial charge on any atom is -0.356 e. The molecule has 22 heavy (non-hydrogen) atoms. The van der Waals surface area contributed by atoms with E-state index < -0.39 is 10.0 Å². The lowest BCUT2D eigenvalue weighted by atomic mass is 9.88. The maximum absolute atomic E-state index is 12.2. The molecule has 3 rings (SSSR count). The Labute approximate surface area is 133 Å². The molecule has 2 saturated carbocycles. The summed E-state index contributed by atoms with van der Waals surface area (Å²) in [6.07, 6.45) is 9.09. The van der Waals surface area contributed by atoms with Gasteiger partial charge in [0.25, 0.3) is 0 Å². The molecule has 0 aromatic carbocycles. The minimum absolute atomic E-state index is 0.102. The van der Waals surface area contributed by atoms with Crippen molar-refractivity contribution in [1.29, 1.82) is 0 Å². The molecular formula is C16H28N2O3S. The highest BCUT2D eigenvalue weighted by Gasteiger charge is 2.41. The van der Waals surface area contributed by atoms with E-state index in [1.807, 2.05) is 0 Å². The van der Waals surface area contributed by atoms with E-state index in [2.05, 4.69) is 5.32 Å². The first-order chi connectivity index (χ1) is 10.6. The predicted octanol–water partition coefficient (Wildman–Crippen LogP) is 1.89. The Morgan fingerprint density at radius 2 is 1.59 bits per heavy atom. The number of sulfonamides is 1. The van der Waals surface area contributed by atoms with Crippen LogP contribution < -0.4 is 5.32 Å². The van der Waals surface area contributed by atoms with Gasteiger partial charge in [-0.2, -0.15) is 0 Å². The van der Waals surface area contributed by atoms with Crippen LogP contribution in [0.1, 0.15) is 57.8 Å². The number of piperidine rings is 1. The molecule has 1 heterocycles. The highest BCUT2D eigenvalue weighted by Crippen LogP contribution is 2.33. The number of hydrogen-bond donors (Lipinski definition) is 1. The highest BCUT2D eigenvalue weighted by atomic mass is 32.2. The monoisotopic (exact) mass is 328 g/mol. The summed E-state index contributed by atoms with van der Waals surface area (Å²) >= 11 is 0. The average molecular weight is 328 g/mol. The Morgan fingerprint density at radius 1 is 0.955 bits per heavy atom. The number of amides is 1. The zero-order chi connectivity index (χ0) is 15.6. The molecule has 3 fully saturated rings. The fourth-order valence-electron chi connectivity index (χ4n) is 3.70. The quantitative estimate of drug-likeness (QED) is 0.838. The van der Waals surface area contributed by atoms with Crippen LogP contribution in [0, 0.1) is 11.8 Å². The molecule has 1 aliphatic heterocycles. The van der Waals surface area contributed by atoms with Crippen molar-refractivity contribution in [2.75, 3.05) is 19.6 Å². The third-order valence-corrected chi connectivity index (χ3v) is 7.82. The largest absolute Gasteiger partial charge is 0.356 e. The maximum Gasteiger partial charge on any atom is 0.223 e. The fourth-order valence-corrected chi connectivity index (χ4v) is 5.57. The Bertz CT molecular complexity index is 488. The normalized spacial score (nSPS) is 26.0. The van der Waals surface area contributed by atoms with Crippen LogP contribution in [-0.2, 0) is 14.8 Å². The topological polar surface area (TPSA) is 66.5 Å². The van der Waals surface area contributed by atoms with Crippen LogP contribution in [-0.4, -0.2) is 43.5 Å². The summed E-state index contributed by atoms with van der Waals surface area (Å²) in [7, 11) is -3.01. The molecule has 3 aliphatic rings. The second-order valence-electron chi connectivity index (χ2n) is 7.17. The molecule has 0 atom stereocenters. The van der Waals surface area contributed by atoms with E-state index in [1.54, 1.807) is 4.31 Å². The molecule has 1 N–H and O–H groups in total. The Balaban J connectivity index is 1.39. The van der Waals surface area contributed by atoms with Gasteiger partial charge in [-0.15, -0.1) is 0 Å². The molecule has 126 valence electrons. The van der Waals surface area contributed by atoms with Crippen molar-refractivity contribution in [1.82, 2.24) is 9.62 Å². The summed E-state index contributed by atoms with van der Waals surface area (Å²) < 4.78 is 26.0. The van der Waals surface area contributed by atoms with Crippen molar-refractivity contribution in [3.8, 4) is 0 Å². The molecule has 0 bridgehead atoms. The molecule has 0 aromatic rings. The smallest absolute Gasteiger partial charge is 0.223 e. The first-order valence-corrected chi connectivity index (χ1v) is 10.3. The average Bonchev–Trinajstić information content (AvgIpc) is 3.39. The van der Waals surface area contributed by atoms with E-state index in [1.165, 1.54) is 19.3 Å². The first-order valence-electron chi connectivity index (χ1n) is 8.84. The summed E-state index contributed by atoms with van der Waals surface area (Å²) in [5, 5.41) is 3.00. The Morgan fingerprint density at radius 3 is 2.18 bits per heavy atom. The van der Waals surface area contributed by atoms with Crippen molar-refractivity contribution < 1.29 is 13.2 Å². The van der Waals surface area contributed by atoms with Gasteiger partial charge in [0.05, 0.1) is 5.25 Å². The van der Waals surface area contributed by atoms with E-state index in [0.29, 0.717) is 25.6 Å². The second-order valence-corrected chi connectivity index (χ2v) is 9.38. The van der Waals surface area contributed by atoms with Crippen LogP contribution in [0.2, 0.25) is 0 Å². The van der Waals surface area contributed by atoms with Gasteiger partial charge in [-0.1, -0.05) is 19.3 Å². The van der Waals surface area contributed by atoms with Crippen LogP contribution in [0.25, 0.3) is 0 Å². The summed E-state index contributed by atoms with van der Waals surface area (Å²) in [6.45, 7) is 1.97. The molecule has 1 saturated heterocycles. The lowest BCUT2D eigenvalue weighted by Gasteiger charge is -2.31. The van der Waals surface area contributed by atoms with E-state index in [-0.39, 0.29) is 17.1 Å². The number of carbonyl (C=O) groups excluding carboxylic acids is 1. The molecular weight excluding hydrogens is 300 g/mol. The zero-order valence-electron chi connectivity index (χ0n) is 13.3. The highest BCUT2D eigenvalue weighted by molar-refractivity contribution is 7.90. The third kappa shape index (κ3) is 3.82. The number of carbonyl (C=O) groups is 1. The van der Waals surface area contributed by atoms with Crippen molar-refractivity contribution in [3.05, 3.63) is 0 Å². The Kier molecular flexibility index (Phi) is 5.07. The predicted molar refractivity (Wildman–Crippen MR) is 85.8 cm³/mol. The molecule has 2 aliphatic carbocycles. The second kappa shape index (κ2) is 6.87. The summed E-state index contributed by atoms with van der Waals surface area (Å²) in [5.41, 5.74) is 0. The molecule has 6 heteroatoms. The van der Waals surface area contributed by atoms with Crippen LogP contribution >= 0.6 is 0 Å². The molecule has 0 aromatic heterocycles. The fraction of sp³-hybridized carbons (Fsp3) is 0.938. The molecule has 1 amide bonds. The summed E-state index contributed by atoms with van der Waals surface area (Å²) in [5.74, 6) is 0.856. The van der Waals surface area contributed by atoms with E-state index in [4.69, 9.17) is 0 Å². The first kappa shape index (κ1) is 16.2. The van der Waals surface area contributed by atoms with Crippen molar-refractivity contribution in [2.24, 2.45) is 11.8 Å². The lowest BCUT2D eigenvalue weighted by molar-refractivity contribution is -0.126. The van der Waals surface area contributed by atoms with Gasteiger partial charge < -0.3 is 5.32 Å². The molecule has 0 spiro atoms. The summed E-state index contributed by atoms with van der Waals surface area (Å²) in [6, 6.07) is 0. The van der Waals surface area contributed by atoms with Crippen LogP contribution in [0.3, 0.4) is 0 Å². The zero-order valence-corrected chi connectivity index (χ0v) is 14.1. The number of rotatable bonds is 5. The number of nitrogens with one attached hydrogen (secondary N) is 1. The Hall–Kier alpha value is -0.620. The number of nitrogens with zero attached hydrogens (tertiary/aromatic N) is 1. The van der Waals surface area contributed by atoms with E-state index in [9.17, 15) is 13.2 Å². The molecule has 0 radical (unpaired) electrons. The van der Waals surface area contributed by atoms with E-state index in [0.717, 1.165) is 38.5 Å². The van der Waals surface area contributed by atoms with Crippen LogP contribution in [0.15, 0.2) is 0 Å². The third-order valence-electron chi connectivity index (χ3n) is 5.42.